The number of hydrogen-bond acceptors (Lipinski definition) is 5. The normalized spacial score (nSPS) is 10.2. The molecule has 0 saturated carbocycles. The van der Waals surface area contributed by atoms with Crippen LogP contribution in [0.25, 0.3) is 0 Å². The van der Waals surface area contributed by atoms with Crippen LogP contribution in [-0.2, 0) is 0 Å². The minimum Gasteiger partial charge on any atom is -0.395 e. The van der Waals surface area contributed by atoms with Crippen molar-refractivity contribution in [2.45, 2.75) is 0 Å². The van der Waals surface area contributed by atoms with Gasteiger partial charge in [-0.15, -0.1) is 0 Å². The molecule has 0 aliphatic rings. The van der Waals surface area contributed by atoms with Gasteiger partial charge >= 0.3 is 0 Å². The molecule has 0 aliphatic carbocycles. The highest BCUT2D eigenvalue weighted by atomic mass is 35.5. The van der Waals surface area contributed by atoms with E-state index < -0.39 is 0 Å². The Bertz CT molecular complexity index is 279. The van der Waals surface area contributed by atoms with Gasteiger partial charge in [-0.05, 0) is 6.07 Å². The summed E-state index contributed by atoms with van der Waals surface area (Å²) in [6.45, 7) is 0.716. The molecule has 1 aromatic rings. The van der Waals surface area contributed by atoms with E-state index in [9.17, 15) is 0 Å². The summed E-state index contributed by atoms with van der Waals surface area (Å²) in [4.78, 5) is 9.61. The third-order valence-electron chi connectivity index (χ3n) is 1.63. The first-order valence-electron chi connectivity index (χ1n) is 4.23. The Morgan fingerprint density at radius 2 is 1.93 bits per heavy atom. The molecule has 5 nitrogen and oxygen atoms in total. The van der Waals surface area contributed by atoms with Crippen molar-refractivity contribution in [3.8, 4) is 0 Å². The number of halogens is 1. The molecule has 0 radical (unpaired) electrons. The summed E-state index contributed by atoms with van der Waals surface area (Å²) in [5.74, 6) is 0.417. The molecule has 1 rings (SSSR count). The van der Waals surface area contributed by atoms with E-state index in [1.54, 1.807) is 11.0 Å². The van der Waals surface area contributed by atoms with Gasteiger partial charge in [0, 0.05) is 19.3 Å². The molecule has 0 aliphatic heterocycles. The third kappa shape index (κ3) is 3.10. The molecular weight excluding hydrogens is 206 g/mol. The van der Waals surface area contributed by atoms with Crippen molar-refractivity contribution in [3.05, 3.63) is 17.4 Å². The summed E-state index contributed by atoms with van der Waals surface area (Å²) in [7, 11) is 0. The van der Waals surface area contributed by atoms with Gasteiger partial charge in [-0.25, -0.2) is 9.97 Å². The predicted molar refractivity (Wildman–Crippen MR) is 53.4 cm³/mol. The number of nitrogens with zero attached hydrogens (tertiary/aromatic N) is 3. The molecule has 0 fully saturated rings. The van der Waals surface area contributed by atoms with Crippen molar-refractivity contribution in [2.24, 2.45) is 0 Å². The Hall–Kier alpha value is -0.910. The second kappa shape index (κ2) is 5.74. The Kier molecular flexibility index (Phi) is 4.58. The van der Waals surface area contributed by atoms with Crippen LogP contribution in [0.1, 0.15) is 0 Å². The zero-order valence-corrected chi connectivity index (χ0v) is 8.35. The molecule has 6 heteroatoms. The monoisotopic (exact) mass is 217 g/mol. The van der Waals surface area contributed by atoms with Crippen LogP contribution in [0.15, 0.2) is 12.3 Å². The fourth-order valence-corrected chi connectivity index (χ4v) is 1.16. The average Bonchev–Trinajstić information content (AvgIpc) is 2.17. The topological polar surface area (TPSA) is 69.5 Å². The van der Waals surface area contributed by atoms with Crippen LogP contribution in [0.2, 0.25) is 5.15 Å². The van der Waals surface area contributed by atoms with E-state index in [1.165, 1.54) is 6.20 Å². The fraction of sp³-hybridized carbons (Fsp3) is 0.500. The van der Waals surface area contributed by atoms with Gasteiger partial charge in [0.2, 0.25) is 5.95 Å². The SMILES string of the molecule is OCCN(CCO)c1nccc(Cl)n1. The van der Waals surface area contributed by atoms with Crippen molar-refractivity contribution in [1.29, 1.82) is 0 Å². The zero-order valence-electron chi connectivity index (χ0n) is 7.60. The number of aromatic nitrogens is 2. The van der Waals surface area contributed by atoms with Gasteiger partial charge in [0.1, 0.15) is 5.15 Å². The van der Waals surface area contributed by atoms with E-state index in [0.717, 1.165) is 0 Å². The molecule has 1 heterocycles. The number of anilines is 1. The van der Waals surface area contributed by atoms with Gasteiger partial charge in [0.15, 0.2) is 0 Å². The van der Waals surface area contributed by atoms with Crippen LogP contribution in [-0.4, -0.2) is 46.5 Å². The van der Waals surface area contributed by atoms with E-state index in [0.29, 0.717) is 24.2 Å². The highest BCUT2D eigenvalue weighted by Gasteiger charge is 2.07. The third-order valence-corrected chi connectivity index (χ3v) is 1.84. The van der Waals surface area contributed by atoms with Gasteiger partial charge in [-0.3, -0.25) is 0 Å². The molecule has 2 N–H and O–H groups in total. The molecule has 1 aromatic heterocycles. The van der Waals surface area contributed by atoms with E-state index >= 15 is 0 Å². The summed E-state index contributed by atoms with van der Waals surface area (Å²) in [5.41, 5.74) is 0. The molecule has 14 heavy (non-hydrogen) atoms. The molecule has 0 amide bonds. The van der Waals surface area contributed by atoms with E-state index in [-0.39, 0.29) is 13.2 Å². The quantitative estimate of drug-likeness (QED) is 0.676. The summed E-state index contributed by atoms with van der Waals surface area (Å²) in [6, 6.07) is 1.57. The van der Waals surface area contributed by atoms with Crippen molar-refractivity contribution >= 4 is 17.5 Å². The second-order valence-corrected chi connectivity index (χ2v) is 3.00. The molecule has 0 bridgehead atoms. The Morgan fingerprint density at radius 1 is 1.29 bits per heavy atom. The maximum absolute atomic E-state index is 8.78. The minimum absolute atomic E-state index is 0.0180. The highest BCUT2D eigenvalue weighted by Crippen LogP contribution is 2.09. The van der Waals surface area contributed by atoms with Crippen molar-refractivity contribution < 1.29 is 10.2 Å². The lowest BCUT2D eigenvalue weighted by atomic mass is 10.5. The van der Waals surface area contributed by atoms with Crippen molar-refractivity contribution in [3.63, 3.8) is 0 Å². The summed E-state index contributed by atoms with van der Waals surface area (Å²) >= 11 is 5.69. The Morgan fingerprint density at radius 3 is 2.43 bits per heavy atom. The van der Waals surface area contributed by atoms with Gasteiger partial charge in [0.05, 0.1) is 13.2 Å². The molecule has 78 valence electrons. The van der Waals surface area contributed by atoms with E-state index in [1.807, 2.05) is 0 Å². The molecule has 0 saturated heterocycles. The number of aliphatic hydroxyl groups is 2. The first-order valence-corrected chi connectivity index (χ1v) is 4.61. The predicted octanol–water partition coefficient (Wildman–Crippen LogP) is -0.0790. The maximum Gasteiger partial charge on any atom is 0.226 e. The Balaban J connectivity index is 2.75. The van der Waals surface area contributed by atoms with Crippen LogP contribution < -0.4 is 4.90 Å². The van der Waals surface area contributed by atoms with Crippen LogP contribution in [0, 0.1) is 0 Å². The lowest BCUT2D eigenvalue weighted by molar-refractivity contribution is 0.280. The summed E-state index contributed by atoms with van der Waals surface area (Å²) in [5, 5.41) is 17.9. The minimum atomic E-state index is -0.0180. The Labute approximate surface area is 87.0 Å². The number of hydrogen-bond donors (Lipinski definition) is 2. The summed E-state index contributed by atoms with van der Waals surface area (Å²) < 4.78 is 0. The first-order chi connectivity index (χ1) is 6.77. The van der Waals surface area contributed by atoms with E-state index in [4.69, 9.17) is 21.8 Å². The van der Waals surface area contributed by atoms with E-state index in [2.05, 4.69) is 9.97 Å². The van der Waals surface area contributed by atoms with Crippen molar-refractivity contribution in [1.82, 2.24) is 9.97 Å². The second-order valence-electron chi connectivity index (χ2n) is 2.61. The van der Waals surface area contributed by atoms with Gasteiger partial charge in [-0.2, -0.15) is 0 Å². The maximum atomic E-state index is 8.78. The van der Waals surface area contributed by atoms with Crippen LogP contribution in [0.5, 0.6) is 0 Å². The highest BCUT2D eigenvalue weighted by molar-refractivity contribution is 6.29. The lowest BCUT2D eigenvalue weighted by Gasteiger charge is -2.19. The number of rotatable bonds is 5. The fourth-order valence-electron chi connectivity index (χ4n) is 1.03. The standard InChI is InChI=1S/C8H12ClN3O2/c9-7-1-2-10-8(11-7)12(3-5-13)4-6-14/h1-2,13-14H,3-6H2. The lowest BCUT2D eigenvalue weighted by Crippen LogP contribution is -2.31. The molecular formula is C8H12ClN3O2. The van der Waals surface area contributed by atoms with Crippen molar-refractivity contribution in [2.75, 3.05) is 31.2 Å². The van der Waals surface area contributed by atoms with Gasteiger partial charge < -0.3 is 15.1 Å². The molecule has 0 unspecified atom stereocenters. The zero-order chi connectivity index (χ0) is 10.4. The molecule has 0 spiro atoms. The summed E-state index contributed by atoms with van der Waals surface area (Å²) in [6.07, 6.45) is 1.53. The smallest absolute Gasteiger partial charge is 0.226 e. The van der Waals surface area contributed by atoms with Crippen LogP contribution in [0.4, 0.5) is 5.95 Å². The molecule has 0 aromatic carbocycles. The van der Waals surface area contributed by atoms with Crippen LogP contribution >= 0.6 is 11.6 Å². The van der Waals surface area contributed by atoms with Crippen LogP contribution in [0.3, 0.4) is 0 Å². The average molecular weight is 218 g/mol. The van der Waals surface area contributed by atoms with Gasteiger partial charge in [0.25, 0.3) is 0 Å². The number of aliphatic hydroxyl groups excluding tert-OH is 2. The van der Waals surface area contributed by atoms with Gasteiger partial charge in [-0.1, -0.05) is 11.6 Å². The first kappa shape index (κ1) is 11.2. The molecule has 0 atom stereocenters. The largest absolute Gasteiger partial charge is 0.395 e.